The standard InChI is InChI=1S/C14H16F3NO2/c15-14(16,17)12-3-1-10(2-4-12)9-11-5-7-18(8-6-11)13(19)20/h1-4,11H,5-9H2,(H,19,20). The van der Waals surface area contributed by atoms with Gasteiger partial charge in [0.2, 0.25) is 0 Å². The molecule has 1 aromatic rings. The lowest BCUT2D eigenvalue weighted by Gasteiger charge is -2.30. The van der Waals surface area contributed by atoms with Crippen LogP contribution in [0.4, 0.5) is 18.0 Å². The van der Waals surface area contributed by atoms with E-state index in [9.17, 15) is 18.0 Å². The molecule has 1 saturated heterocycles. The maximum Gasteiger partial charge on any atom is 0.416 e. The van der Waals surface area contributed by atoms with Gasteiger partial charge >= 0.3 is 12.3 Å². The van der Waals surface area contributed by atoms with Crippen molar-refractivity contribution in [2.24, 2.45) is 5.92 Å². The van der Waals surface area contributed by atoms with E-state index >= 15 is 0 Å². The van der Waals surface area contributed by atoms with Crippen molar-refractivity contribution >= 4 is 6.09 Å². The van der Waals surface area contributed by atoms with Gasteiger partial charge in [-0.3, -0.25) is 0 Å². The van der Waals surface area contributed by atoms with Gasteiger partial charge in [-0.15, -0.1) is 0 Å². The van der Waals surface area contributed by atoms with E-state index in [1.807, 2.05) is 0 Å². The highest BCUT2D eigenvalue weighted by Crippen LogP contribution is 2.30. The second-order valence-electron chi connectivity index (χ2n) is 5.11. The first-order valence-corrected chi connectivity index (χ1v) is 6.50. The Morgan fingerprint density at radius 3 is 2.20 bits per heavy atom. The first-order valence-electron chi connectivity index (χ1n) is 6.50. The van der Waals surface area contributed by atoms with Gasteiger partial charge in [-0.05, 0) is 42.9 Å². The van der Waals surface area contributed by atoms with E-state index in [2.05, 4.69) is 0 Å². The summed E-state index contributed by atoms with van der Waals surface area (Å²) in [6.45, 7) is 1.00. The van der Waals surface area contributed by atoms with Crippen LogP contribution < -0.4 is 0 Å². The molecular weight excluding hydrogens is 271 g/mol. The van der Waals surface area contributed by atoms with Gasteiger partial charge in [-0.1, -0.05) is 12.1 Å². The molecule has 3 nitrogen and oxygen atoms in total. The Kier molecular flexibility index (Phi) is 4.20. The fourth-order valence-electron chi connectivity index (χ4n) is 2.49. The number of benzene rings is 1. The molecule has 0 bridgehead atoms. The summed E-state index contributed by atoms with van der Waals surface area (Å²) in [4.78, 5) is 12.1. The summed E-state index contributed by atoms with van der Waals surface area (Å²) in [5, 5.41) is 8.84. The number of halogens is 3. The Morgan fingerprint density at radius 1 is 1.20 bits per heavy atom. The minimum absolute atomic E-state index is 0.335. The Balaban J connectivity index is 1.90. The number of rotatable bonds is 2. The van der Waals surface area contributed by atoms with E-state index in [4.69, 9.17) is 5.11 Å². The number of likely N-dealkylation sites (tertiary alicyclic amines) is 1. The van der Waals surface area contributed by atoms with Crippen molar-refractivity contribution < 1.29 is 23.1 Å². The molecule has 6 heteroatoms. The normalized spacial score (nSPS) is 17.2. The van der Waals surface area contributed by atoms with Crippen LogP contribution in [0.25, 0.3) is 0 Å². The van der Waals surface area contributed by atoms with Crippen LogP contribution in [0.15, 0.2) is 24.3 Å². The third-order valence-electron chi connectivity index (χ3n) is 3.69. The number of hydrogen-bond acceptors (Lipinski definition) is 1. The summed E-state index contributed by atoms with van der Waals surface area (Å²) in [6.07, 6.45) is -2.99. The smallest absolute Gasteiger partial charge is 0.416 e. The van der Waals surface area contributed by atoms with Gasteiger partial charge in [-0.2, -0.15) is 13.2 Å². The van der Waals surface area contributed by atoms with Crippen molar-refractivity contribution in [2.75, 3.05) is 13.1 Å². The molecule has 1 aliphatic rings. The second-order valence-corrected chi connectivity index (χ2v) is 5.11. The van der Waals surface area contributed by atoms with Crippen LogP contribution in [0.1, 0.15) is 24.0 Å². The molecule has 20 heavy (non-hydrogen) atoms. The first kappa shape index (κ1) is 14.7. The summed E-state index contributed by atoms with van der Waals surface area (Å²) >= 11 is 0. The molecule has 0 spiro atoms. The lowest BCUT2D eigenvalue weighted by atomic mass is 9.90. The lowest BCUT2D eigenvalue weighted by Crippen LogP contribution is -2.37. The van der Waals surface area contributed by atoms with Crippen molar-refractivity contribution in [2.45, 2.75) is 25.4 Å². The Labute approximate surface area is 115 Å². The zero-order valence-electron chi connectivity index (χ0n) is 10.9. The van der Waals surface area contributed by atoms with E-state index in [-0.39, 0.29) is 0 Å². The van der Waals surface area contributed by atoms with Crippen LogP contribution in [-0.2, 0) is 12.6 Å². The highest BCUT2D eigenvalue weighted by Gasteiger charge is 2.30. The molecule has 1 fully saturated rings. The molecule has 1 aliphatic heterocycles. The highest BCUT2D eigenvalue weighted by atomic mass is 19.4. The van der Waals surface area contributed by atoms with Gasteiger partial charge in [0, 0.05) is 13.1 Å². The molecule has 1 aromatic carbocycles. The number of nitrogens with zero attached hydrogens (tertiary/aromatic N) is 1. The largest absolute Gasteiger partial charge is 0.465 e. The summed E-state index contributed by atoms with van der Waals surface area (Å²) in [5.74, 6) is 0.335. The van der Waals surface area contributed by atoms with Gasteiger partial charge in [0.25, 0.3) is 0 Å². The maximum atomic E-state index is 12.4. The number of piperidine rings is 1. The minimum atomic E-state index is -4.30. The van der Waals surface area contributed by atoms with E-state index in [1.165, 1.54) is 17.0 Å². The molecule has 0 aromatic heterocycles. The third-order valence-corrected chi connectivity index (χ3v) is 3.69. The molecule has 1 heterocycles. The molecule has 0 saturated carbocycles. The van der Waals surface area contributed by atoms with Gasteiger partial charge in [0.05, 0.1) is 5.56 Å². The molecule has 0 atom stereocenters. The number of carboxylic acid groups (broad SMARTS) is 1. The number of amides is 1. The summed E-state index contributed by atoms with van der Waals surface area (Å²) in [6, 6.07) is 5.21. The van der Waals surface area contributed by atoms with Crippen LogP contribution in [0.5, 0.6) is 0 Å². The van der Waals surface area contributed by atoms with Crippen molar-refractivity contribution in [3.05, 3.63) is 35.4 Å². The lowest BCUT2D eigenvalue weighted by molar-refractivity contribution is -0.137. The monoisotopic (exact) mass is 287 g/mol. The van der Waals surface area contributed by atoms with E-state index < -0.39 is 17.8 Å². The summed E-state index contributed by atoms with van der Waals surface area (Å²) in [5.41, 5.74) is 0.230. The predicted molar refractivity (Wildman–Crippen MR) is 67.5 cm³/mol. The quantitative estimate of drug-likeness (QED) is 0.902. The third kappa shape index (κ3) is 3.65. The average Bonchev–Trinajstić information content (AvgIpc) is 2.39. The zero-order valence-corrected chi connectivity index (χ0v) is 10.9. The van der Waals surface area contributed by atoms with Gasteiger partial charge in [0.15, 0.2) is 0 Å². The van der Waals surface area contributed by atoms with E-state index in [0.29, 0.717) is 25.4 Å². The van der Waals surface area contributed by atoms with Crippen molar-refractivity contribution in [1.82, 2.24) is 4.90 Å². The molecule has 0 unspecified atom stereocenters. The fourth-order valence-corrected chi connectivity index (χ4v) is 2.49. The Bertz CT molecular complexity index is 462. The maximum absolute atomic E-state index is 12.4. The van der Waals surface area contributed by atoms with Gasteiger partial charge in [0.1, 0.15) is 0 Å². The zero-order chi connectivity index (χ0) is 14.8. The molecule has 0 aliphatic carbocycles. The van der Waals surface area contributed by atoms with Crippen molar-refractivity contribution in [3.8, 4) is 0 Å². The van der Waals surface area contributed by atoms with Crippen LogP contribution in [0, 0.1) is 5.92 Å². The molecular formula is C14H16F3NO2. The highest BCUT2D eigenvalue weighted by molar-refractivity contribution is 5.64. The number of hydrogen-bond donors (Lipinski definition) is 1. The molecule has 1 N–H and O–H groups in total. The fraction of sp³-hybridized carbons (Fsp3) is 0.500. The van der Waals surface area contributed by atoms with Crippen molar-refractivity contribution in [1.29, 1.82) is 0 Å². The van der Waals surface area contributed by atoms with E-state index in [1.54, 1.807) is 0 Å². The van der Waals surface area contributed by atoms with Crippen LogP contribution in [0.2, 0.25) is 0 Å². The Morgan fingerprint density at radius 2 is 1.75 bits per heavy atom. The van der Waals surface area contributed by atoms with Crippen LogP contribution in [0.3, 0.4) is 0 Å². The van der Waals surface area contributed by atoms with Crippen LogP contribution >= 0.6 is 0 Å². The van der Waals surface area contributed by atoms with Gasteiger partial charge in [-0.25, -0.2) is 4.79 Å². The Hall–Kier alpha value is -1.72. The molecule has 110 valence electrons. The molecule has 1 amide bonds. The molecule has 0 radical (unpaired) electrons. The van der Waals surface area contributed by atoms with Crippen LogP contribution in [-0.4, -0.2) is 29.2 Å². The summed E-state index contributed by atoms with van der Waals surface area (Å²) in [7, 11) is 0. The number of alkyl halides is 3. The number of carbonyl (C=O) groups is 1. The topological polar surface area (TPSA) is 40.5 Å². The second kappa shape index (κ2) is 5.73. The SMILES string of the molecule is O=C(O)N1CCC(Cc2ccc(C(F)(F)F)cc2)CC1. The first-order chi connectivity index (χ1) is 9.36. The summed E-state index contributed by atoms with van der Waals surface area (Å²) < 4.78 is 37.3. The predicted octanol–water partition coefficient (Wildman–Crippen LogP) is 3.64. The average molecular weight is 287 g/mol. The minimum Gasteiger partial charge on any atom is -0.465 e. The van der Waals surface area contributed by atoms with E-state index in [0.717, 1.165) is 30.5 Å². The van der Waals surface area contributed by atoms with Gasteiger partial charge < -0.3 is 10.0 Å². The van der Waals surface area contributed by atoms with Crippen molar-refractivity contribution in [3.63, 3.8) is 0 Å². The molecule has 2 rings (SSSR count).